The first-order chi connectivity index (χ1) is 13.7. The van der Waals surface area contributed by atoms with Crippen molar-refractivity contribution < 1.29 is 32.2 Å². The highest BCUT2D eigenvalue weighted by atomic mass is 32.2. The molecule has 0 aliphatic carbocycles. The van der Waals surface area contributed by atoms with Gasteiger partial charge in [-0.1, -0.05) is 0 Å². The molecule has 1 amide bonds. The van der Waals surface area contributed by atoms with Gasteiger partial charge in [-0.05, 0) is 31.2 Å². The SMILES string of the molecule is COc1ccc(NC(=O)[C@H](C)NS(=O)(=O)c2ccc(OC)c(OC)c2)cc1OC. The maximum Gasteiger partial charge on any atom is 0.242 e. The number of rotatable bonds is 9. The summed E-state index contributed by atoms with van der Waals surface area (Å²) in [6, 6.07) is 7.94. The fraction of sp³-hybridized carbons (Fsp3) is 0.316. The minimum atomic E-state index is -3.97. The average molecular weight is 424 g/mol. The third kappa shape index (κ3) is 5.30. The molecule has 0 bridgehead atoms. The molecular weight excluding hydrogens is 400 g/mol. The lowest BCUT2D eigenvalue weighted by Gasteiger charge is -2.16. The lowest BCUT2D eigenvalue weighted by atomic mass is 10.2. The van der Waals surface area contributed by atoms with E-state index in [1.807, 2.05) is 0 Å². The lowest BCUT2D eigenvalue weighted by Crippen LogP contribution is -2.41. The molecule has 0 saturated heterocycles. The van der Waals surface area contributed by atoms with E-state index in [1.165, 1.54) is 53.6 Å². The Morgan fingerprint density at radius 3 is 1.90 bits per heavy atom. The molecule has 0 aromatic heterocycles. The van der Waals surface area contributed by atoms with Crippen LogP contribution in [0.4, 0.5) is 5.69 Å². The standard InChI is InChI=1S/C19H24N2O7S/c1-12(19(22)20-13-6-8-15(25-2)17(10-13)27-4)21-29(23,24)14-7-9-16(26-3)18(11-14)28-5/h6-12,21H,1-5H3,(H,20,22)/t12-/m0/s1. The first kappa shape index (κ1) is 22.3. The van der Waals surface area contributed by atoms with Gasteiger partial charge in [0, 0.05) is 17.8 Å². The Morgan fingerprint density at radius 1 is 0.828 bits per heavy atom. The van der Waals surface area contributed by atoms with Gasteiger partial charge in [-0.25, -0.2) is 8.42 Å². The second kappa shape index (κ2) is 9.48. The van der Waals surface area contributed by atoms with E-state index in [-0.39, 0.29) is 10.6 Å². The molecule has 10 heteroatoms. The van der Waals surface area contributed by atoms with Gasteiger partial charge in [-0.2, -0.15) is 4.72 Å². The van der Waals surface area contributed by atoms with E-state index in [9.17, 15) is 13.2 Å². The molecule has 2 N–H and O–H groups in total. The number of ether oxygens (including phenoxy) is 4. The molecule has 0 aliphatic heterocycles. The maximum absolute atomic E-state index is 12.6. The summed E-state index contributed by atoms with van der Waals surface area (Å²) in [4.78, 5) is 12.4. The van der Waals surface area contributed by atoms with E-state index in [2.05, 4.69) is 10.0 Å². The number of methoxy groups -OCH3 is 4. The Labute approximate surface area is 170 Å². The van der Waals surface area contributed by atoms with Crippen LogP contribution in [0.1, 0.15) is 6.92 Å². The van der Waals surface area contributed by atoms with Gasteiger partial charge in [0.25, 0.3) is 0 Å². The van der Waals surface area contributed by atoms with Crippen molar-refractivity contribution in [3.8, 4) is 23.0 Å². The molecule has 1 atom stereocenters. The first-order valence-electron chi connectivity index (χ1n) is 8.53. The van der Waals surface area contributed by atoms with Crippen LogP contribution in [0.2, 0.25) is 0 Å². The number of carbonyl (C=O) groups excluding carboxylic acids is 1. The molecule has 29 heavy (non-hydrogen) atoms. The zero-order chi connectivity index (χ0) is 21.6. The van der Waals surface area contributed by atoms with Crippen molar-refractivity contribution in [2.24, 2.45) is 0 Å². The number of hydrogen-bond acceptors (Lipinski definition) is 7. The zero-order valence-corrected chi connectivity index (χ0v) is 17.6. The molecule has 2 aromatic rings. The van der Waals surface area contributed by atoms with Crippen LogP contribution in [0.15, 0.2) is 41.3 Å². The summed E-state index contributed by atoms with van der Waals surface area (Å²) < 4.78 is 48.2. The average Bonchev–Trinajstić information content (AvgIpc) is 2.72. The smallest absolute Gasteiger partial charge is 0.242 e. The number of amides is 1. The third-order valence-corrected chi connectivity index (χ3v) is 5.58. The van der Waals surface area contributed by atoms with Crippen LogP contribution in [-0.4, -0.2) is 48.8 Å². The van der Waals surface area contributed by atoms with E-state index >= 15 is 0 Å². The second-order valence-corrected chi connectivity index (χ2v) is 7.63. The summed E-state index contributed by atoms with van der Waals surface area (Å²) in [5.74, 6) is 1.06. The minimum absolute atomic E-state index is 0.0547. The molecule has 2 aromatic carbocycles. The lowest BCUT2D eigenvalue weighted by molar-refractivity contribution is -0.117. The highest BCUT2D eigenvalue weighted by Crippen LogP contribution is 2.30. The van der Waals surface area contributed by atoms with Crippen LogP contribution >= 0.6 is 0 Å². The van der Waals surface area contributed by atoms with Gasteiger partial charge in [-0.15, -0.1) is 0 Å². The Morgan fingerprint density at radius 2 is 1.34 bits per heavy atom. The maximum atomic E-state index is 12.6. The number of benzene rings is 2. The summed E-state index contributed by atoms with van der Waals surface area (Å²) in [5.41, 5.74) is 0.435. The van der Waals surface area contributed by atoms with Crippen molar-refractivity contribution in [2.45, 2.75) is 17.9 Å². The van der Waals surface area contributed by atoms with Crippen LogP contribution in [0.25, 0.3) is 0 Å². The van der Waals surface area contributed by atoms with Crippen molar-refractivity contribution in [1.29, 1.82) is 0 Å². The number of anilines is 1. The van der Waals surface area contributed by atoms with Crippen molar-refractivity contribution in [2.75, 3.05) is 33.8 Å². The van der Waals surface area contributed by atoms with Crippen LogP contribution in [-0.2, 0) is 14.8 Å². The summed E-state index contributed by atoms with van der Waals surface area (Å²) in [6.07, 6.45) is 0. The molecule has 0 saturated carbocycles. The Kier molecular flexibility index (Phi) is 7.29. The molecule has 0 heterocycles. The summed E-state index contributed by atoms with van der Waals surface area (Å²) in [7, 11) is 1.86. The van der Waals surface area contributed by atoms with E-state index in [4.69, 9.17) is 18.9 Å². The zero-order valence-electron chi connectivity index (χ0n) is 16.8. The third-order valence-electron chi connectivity index (χ3n) is 4.04. The molecule has 9 nitrogen and oxygen atoms in total. The first-order valence-corrected chi connectivity index (χ1v) is 10.0. The summed E-state index contributed by atoms with van der Waals surface area (Å²) in [6.45, 7) is 1.44. The molecular formula is C19H24N2O7S. The van der Waals surface area contributed by atoms with Gasteiger partial charge in [0.2, 0.25) is 15.9 Å². The number of hydrogen-bond donors (Lipinski definition) is 2. The highest BCUT2D eigenvalue weighted by molar-refractivity contribution is 7.89. The fourth-order valence-electron chi connectivity index (χ4n) is 2.50. The van der Waals surface area contributed by atoms with Crippen molar-refractivity contribution in [3.63, 3.8) is 0 Å². The van der Waals surface area contributed by atoms with Gasteiger partial charge >= 0.3 is 0 Å². The number of nitrogens with one attached hydrogen (secondary N) is 2. The van der Waals surface area contributed by atoms with Crippen LogP contribution < -0.4 is 29.0 Å². The van der Waals surface area contributed by atoms with E-state index in [1.54, 1.807) is 18.2 Å². The van der Waals surface area contributed by atoms with Crippen molar-refractivity contribution >= 4 is 21.6 Å². The van der Waals surface area contributed by atoms with E-state index < -0.39 is 22.0 Å². The predicted molar refractivity (Wildman–Crippen MR) is 108 cm³/mol. The van der Waals surface area contributed by atoms with E-state index in [0.717, 1.165) is 0 Å². The Bertz CT molecular complexity index is 977. The molecule has 158 valence electrons. The monoisotopic (exact) mass is 424 g/mol. The molecule has 0 spiro atoms. The number of carbonyl (C=O) groups is 1. The molecule has 0 unspecified atom stereocenters. The van der Waals surface area contributed by atoms with Crippen LogP contribution in [0.3, 0.4) is 0 Å². The molecule has 0 fully saturated rings. The van der Waals surface area contributed by atoms with Gasteiger partial charge < -0.3 is 24.3 Å². The van der Waals surface area contributed by atoms with Crippen molar-refractivity contribution in [1.82, 2.24) is 4.72 Å². The predicted octanol–water partition coefficient (Wildman–Crippen LogP) is 2.03. The number of sulfonamides is 1. The normalized spacial score (nSPS) is 12.0. The highest BCUT2D eigenvalue weighted by Gasteiger charge is 2.23. The minimum Gasteiger partial charge on any atom is -0.493 e. The largest absolute Gasteiger partial charge is 0.493 e. The Hall–Kier alpha value is -2.98. The van der Waals surface area contributed by atoms with Crippen molar-refractivity contribution in [3.05, 3.63) is 36.4 Å². The van der Waals surface area contributed by atoms with Gasteiger partial charge in [0.05, 0.1) is 39.4 Å². The van der Waals surface area contributed by atoms with Gasteiger partial charge in [0.1, 0.15) is 0 Å². The quantitative estimate of drug-likeness (QED) is 0.633. The summed E-state index contributed by atoms with van der Waals surface area (Å²) in [5, 5.41) is 2.64. The molecule has 2 rings (SSSR count). The molecule has 0 aliphatic rings. The van der Waals surface area contributed by atoms with E-state index in [0.29, 0.717) is 22.9 Å². The van der Waals surface area contributed by atoms with Crippen LogP contribution in [0, 0.1) is 0 Å². The Balaban J connectivity index is 2.14. The van der Waals surface area contributed by atoms with Crippen LogP contribution in [0.5, 0.6) is 23.0 Å². The second-order valence-electron chi connectivity index (χ2n) is 5.92. The topological polar surface area (TPSA) is 112 Å². The molecule has 0 radical (unpaired) electrons. The van der Waals surface area contributed by atoms with Gasteiger partial charge in [-0.3, -0.25) is 4.79 Å². The fourth-order valence-corrected chi connectivity index (χ4v) is 3.72. The van der Waals surface area contributed by atoms with Gasteiger partial charge in [0.15, 0.2) is 23.0 Å². The summed E-state index contributed by atoms with van der Waals surface area (Å²) >= 11 is 0.